The monoisotopic (exact) mass is 329 g/mol. The summed E-state index contributed by atoms with van der Waals surface area (Å²) in [6.07, 6.45) is 3.98. The highest BCUT2D eigenvalue weighted by atomic mass is 35.5. The fraction of sp³-hybridized carbons (Fsp3) is 0.533. The number of hydrogen-bond donors (Lipinski definition) is 1. The van der Waals surface area contributed by atoms with E-state index in [-0.39, 0.29) is 11.5 Å². The molecular formula is C15H20ClNO3S. The van der Waals surface area contributed by atoms with Gasteiger partial charge in [-0.1, -0.05) is 43.0 Å². The SMILES string of the molecule is CC(=O)C1(NS(=O)(=O)Cc2ccc(Cl)cc2)CCCCC1. The lowest BCUT2D eigenvalue weighted by atomic mass is 9.80. The number of hydrogen-bond acceptors (Lipinski definition) is 3. The van der Waals surface area contributed by atoms with Crippen LogP contribution in [0.4, 0.5) is 0 Å². The summed E-state index contributed by atoms with van der Waals surface area (Å²) < 4.78 is 27.4. The number of Topliss-reactive ketones (excluding diaryl/α,β-unsaturated/α-hetero) is 1. The summed E-state index contributed by atoms with van der Waals surface area (Å²) in [6, 6.07) is 6.69. The van der Waals surface area contributed by atoms with Crippen molar-refractivity contribution in [2.24, 2.45) is 0 Å². The van der Waals surface area contributed by atoms with Crippen LogP contribution < -0.4 is 4.72 Å². The van der Waals surface area contributed by atoms with Crippen molar-refractivity contribution in [1.82, 2.24) is 4.72 Å². The zero-order chi connectivity index (χ0) is 15.5. The summed E-state index contributed by atoms with van der Waals surface area (Å²) in [4.78, 5) is 12.0. The van der Waals surface area contributed by atoms with Crippen molar-refractivity contribution < 1.29 is 13.2 Å². The Morgan fingerprint density at radius 2 is 1.76 bits per heavy atom. The molecule has 0 radical (unpaired) electrons. The van der Waals surface area contributed by atoms with Crippen molar-refractivity contribution >= 4 is 27.4 Å². The predicted octanol–water partition coefficient (Wildman–Crippen LogP) is 3.05. The Hall–Kier alpha value is -0.910. The molecule has 0 spiro atoms. The first-order valence-electron chi connectivity index (χ1n) is 7.10. The van der Waals surface area contributed by atoms with E-state index >= 15 is 0 Å². The van der Waals surface area contributed by atoms with Gasteiger partial charge in [0.05, 0.1) is 11.3 Å². The minimum atomic E-state index is -3.56. The fourth-order valence-electron chi connectivity index (χ4n) is 2.82. The summed E-state index contributed by atoms with van der Waals surface area (Å²) in [5.74, 6) is -0.235. The van der Waals surface area contributed by atoms with Gasteiger partial charge in [-0.2, -0.15) is 0 Å². The third kappa shape index (κ3) is 4.28. The standard InChI is InChI=1S/C15H20ClNO3S/c1-12(18)15(9-3-2-4-10-15)17-21(19,20)11-13-5-7-14(16)8-6-13/h5-8,17H,2-4,9-11H2,1H3. The molecule has 1 aliphatic rings. The highest BCUT2D eigenvalue weighted by Gasteiger charge is 2.39. The van der Waals surface area contributed by atoms with E-state index in [1.807, 2.05) is 0 Å². The van der Waals surface area contributed by atoms with E-state index in [2.05, 4.69) is 4.72 Å². The molecule has 116 valence electrons. The Morgan fingerprint density at radius 3 is 2.29 bits per heavy atom. The number of ketones is 1. The van der Waals surface area contributed by atoms with Gasteiger partial charge in [0.15, 0.2) is 5.78 Å². The van der Waals surface area contributed by atoms with Crippen LogP contribution in [0.2, 0.25) is 5.02 Å². The van der Waals surface area contributed by atoms with E-state index in [0.717, 1.165) is 19.3 Å². The molecular weight excluding hydrogens is 310 g/mol. The molecule has 0 unspecified atom stereocenters. The molecule has 1 aromatic rings. The maximum Gasteiger partial charge on any atom is 0.216 e. The Labute approximate surface area is 130 Å². The first-order valence-corrected chi connectivity index (χ1v) is 9.13. The number of halogens is 1. The molecule has 4 nitrogen and oxygen atoms in total. The van der Waals surface area contributed by atoms with E-state index in [9.17, 15) is 13.2 Å². The van der Waals surface area contributed by atoms with E-state index < -0.39 is 15.6 Å². The second-order valence-electron chi connectivity index (χ2n) is 5.69. The first-order chi connectivity index (χ1) is 9.83. The van der Waals surface area contributed by atoms with Crippen LogP contribution in [-0.2, 0) is 20.6 Å². The van der Waals surface area contributed by atoms with Crippen LogP contribution in [0.3, 0.4) is 0 Å². The van der Waals surface area contributed by atoms with Gasteiger partial charge in [0, 0.05) is 5.02 Å². The largest absolute Gasteiger partial charge is 0.298 e. The topological polar surface area (TPSA) is 63.2 Å². The molecule has 21 heavy (non-hydrogen) atoms. The van der Waals surface area contributed by atoms with Crippen molar-refractivity contribution in [2.75, 3.05) is 0 Å². The molecule has 1 N–H and O–H groups in total. The summed E-state index contributed by atoms with van der Waals surface area (Å²) >= 11 is 5.79. The van der Waals surface area contributed by atoms with E-state index in [1.54, 1.807) is 24.3 Å². The number of rotatable bonds is 5. The van der Waals surface area contributed by atoms with Gasteiger partial charge in [-0.05, 0) is 37.5 Å². The number of nitrogens with one attached hydrogen (secondary N) is 1. The second-order valence-corrected chi connectivity index (χ2v) is 7.85. The lowest BCUT2D eigenvalue weighted by molar-refractivity contribution is -0.123. The predicted molar refractivity (Wildman–Crippen MR) is 83.7 cm³/mol. The van der Waals surface area contributed by atoms with Crippen molar-refractivity contribution in [3.05, 3.63) is 34.9 Å². The molecule has 0 atom stereocenters. The summed E-state index contributed by atoms with van der Waals surface area (Å²) in [5, 5.41) is 0.566. The molecule has 6 heteroatoms. The minimum absolute atomic E-state index is 0.0955. The van der Waals surface area contributed by atoms with Crippen LogP contribution in [0, 0.1) is 0 Å². The number of carbonyl (C=O) groups is 1. The average Bonchev–Trinajstić information content (AvgIpc) is 2.41. The summed E-state index contributed by atoms with van der Waals surface area (Å²) in [5.41, 5.74) is -0.259. The maximum atomic E-state index is 12.4. The van der Waals surface area contributed by atoms with Gasteiger partial charge >= 0.3 is 0 Å². The third-order valence-electron chi connectivity index (χ3n) is 4.00. The van der Waals surface area contributed by atoms with Gasteiger partial charge in [-0.3, -0.25) is 4.79 Å². The van der Waals surface area contributed by atoms with Crippen molar-refractivity contribution in [2.45, 2.75) is 50.3 Å². The maximum absolute atomic E-state index is 12.4. The van der Waals surface area contributed by atoms with Gasteiger partial charge in [0.25, 0.3) is 0 Å². The molecule has 2 rings (SSSR count). The minimum Gasteiger partial charge on any atom is -0.298 e. The lowest BCUT2D eigenvalue weighted by Crippen LogP contribution is -2.54. The van der Waals surface area contributed by atoms with Crippen molar-refractivity contribution in [1.29, 1.82) is 0 Å². The lowest BCUT2D eigenvalue weighted by Gasteiger charge is -2.35. The molecule has 0 aliphatic heterocycles. The summed E-state index contributed by atoms with van der Waals surface area (Å²) in [6.45, 7) is 1.47. The molecule has 0 aromatic heterocycles. The number of benzene rings is 1. The Kier molecular flexibility index (Phi) is 5.07. The van der Waals surface area contributed by atoms with Crippen LogP contribution in [0.15, 0.2) is 24.3 Å². The number of sulfonamides is 1. The third-order valence-corrected chi connectivity index (χ3v) is 5.67. The van der Waals surface area contributed by atoms with Gasteiger partial charge in [-0.15, -0.1) is 0 Å². The van der Waals surface area contributed by atoms with Crippen LogP contribution >= 0.6 is 11.6 Å². The molecule has 1 fully saturated rings. The molecule has 1 aromatic carbocycles. The zero-order valence-electron chi connectivity index (χ0n) is 12.1. The zero-order valence-corrected chi connectivity index (χ0v) is 13.6. The van der Waals surface area contributed by atoms with E-state index in [0.29, 0.717) is 23.4 Å². The van der Waals surface area contributed by atoms with Crippen LogP contribution in [0.1, 0.15) is 44.6 Å². The molecule has 1 saturated carbocycles. The highest BCUT2D eigenvalue weighted by Crippen LogP contribution is 2.30. The molecule has 0 amide bonds. The smallest absolute Gasteiger partial charge is 0.216 e. The van der Waals surface area contributed by atoms with Gasteiger partial charge in [0.1, 0.15) is 0 Å². The first kappa shape index (κ1) is 16.5. The van der Waals surface area contributed by atoms with Crippen molar-refractivity contribution in [3.63, 3.8) is 0 Å². The van der Waals surface area contributed by atoms with Crippen LogP contribution in [0.25, 0.3) is 0 Å². The van der Waals surface area contributed by atoms with E-state index in [4.69, 9.17) is 11.6 Å². The van der Waals surface area contributed by atoms with Crippen LogP contribution in [0.5, 0.6) is 0 Å². The Bertz CT molecular complexity index is 604. The van der Waals surface area contributed by atoms with Gasteiger partial charge in [0.2, 0.25) is 10.0 Å². The number of carbonyl (C=O) groups excluding carboxylic acids is 1. The highest BCUT2D eigenvalue weighted by molar-refractivity contribution is 7.88. The molecule has 0 bridgehead atoms. The van der Waals surface area contributed by atoms with Gasteiger partial charge < -0.3 is 0 Å². The van der Waals surface area contributed by atoms with Crippen molar-refractivity contribution in [3.8, 4) is 0 Å². The normalized spacial score (nSPS) is 18.4. The summed E-state index contributed by atoms with van der Waals surface area (Å²) in [7, 11) is -3.56. The van der Waals surface area contributed by atoms with Gasteiger partial charge in [-0.25, -0.2) is 13.1 Å². The second kappa shape index (κ2) is 6.46. The average molecular weight is 330 g/mol. The molecule has 0 heterocycles. The van der Waals surface area contributed by atoms with E-state index in [1.165, 1.54) is 6.92 Å². The quantitative estimate of drug-likeness (QED) is 0.903. The molecule has 1 aliphatic carbocycles. The van der Waals surface area contributed by atoms with Crippen LogP contribution in [-0.4, -0.2) is 19.7 Å². The molecule has 0 saturated heterocycles. The Morgan fingerprint density at radius 1 is 1.19 bits per heavy atom. The Balaban J connectivity index is 2.15. The fourth-order valence-corrected chi connectivity index (χ4v) is 4.59.